The van der Waals surface area contributed by atoms with Crippen molar-refractivity contribution in [3.8, 4) is 11.4 Å². The molecule has 1 aliphatic heterocycles. The lowest BCUT2D eigenvalue weighted by Gasteiger charge is -2.16. The predicted molar refractivity (Wildman–Crippen MR) is 122 cm³/mol. The summed E-state index contributed by atoms with van der Waals surface area (Å²) in [5.74, 6) is -0.833. The van der Waals surface area contributed by atoms with Gasteiger partial charge in [-0.2, -0.15) is 5.10 Å². The number of benzene rings is 2. The number of ether oxygens (including phenoxy) is 2. The van der Waals surface area contributed by atoms with E-state index >= 15 is 0 Å². The number of aromatic nitrogens is 2. The van der Waals surface area contributed by atoms with Crippen LogP contribution in [0.3, 0.4) is 0 Å². The summed E-state index contributed by atoms with van der Waals surface area (Å²) in [6.45, 7) is 2.22. The van der Waals surface area contributed by atoms with Gasteiger partial charge in [-0.1, -0.05) is 24.3 Å². The largest absolute Gasteiger partial charge is 0.480 e. The molecule has 9 heteroatoms. The summed E-state index contributed by atoms with van der Waals surface area (Å²) in [4.78, 5) is 38.5. The first-order valence-corrected chi connectivity index (χ1v) is 10.7. The molecule has 2 amide bonds. The number of anilines is 2. The van der Waals surface area contributed by atoms with Crippen molar-refractivity contribution in [2.75, 3.05) is 30.0 Å². The number of amides is 2. The Hall–Kier alpha value is -4.14. The van der Waals surface area contributed by atoms with Gasteiger partial charge in [0.25, 0.3) is 5.91 Å². The van der Waals surface area contributed by atoms with Crippen molar-refractivity contribution < 1.29 is 23.9 Å². The van der Waals surface area contributed by atoms with Crippen molar-refractivity contribution in [3.63, 3.8) is 0 Å². The zero-order chi connectivity index (χ0) is 23.2. The van der Waals surface area contributed by atoms with Crippen molar-refractivity contribution in [1.29, 1.82) is 0 Å². The van der Waals surface area contributed by atoms with E-state index in [1.54, 1.807) is 30.0 Å². The molecule has 1 fully saturated rings. The van der Waals surface area contributed by atoms with Crippen LogP contribution in [0, 0.1) is 0 Å². The monoisotopic (exact) mass is 448 g/mol. The molecule has 2 aromatic carbocycles. The molecule has 0 spiro atoms. The zero-order valence-corrected chi connectivity index (χ0v) is 18.2. The van der Waals surface area contributed by atoms with Crippen LogP contribution in [0.15, 0.2) is 60.8 Å². The molecule has 4 rings (SSSR count). The van der Waals surface area contributed by atoms with Gasteiger partial charge in [0.15, 0.2) is 12.4 Å². The molecule has 170 valence electrons. The highest BCUT2D eigenvalue weighted by Gasteiger charge is 2.23. The second kappa shape index (κ2) is 9.99. The lowest BCUT2D eigenvalue weighted by atomic mass is 10.2. The van der Waals surface area contributed by atoms with E-state index in [0.717, 1.165) is 17.8 Å². The molecule has 3 aromatic rings. The van der Waals surface area contributed by atoms with Gasteiger partial charge in [-0.3, -0.25) is 9.59 Å². The lowest BCUT2D eigenvalue weighted by Crippen LogP contribution is -2.24. The summed E-state index contributed by atoms with van der Waals surface area (Å²) in [7, 11) is 0. The molecular formula is C24H24N4O5. The first kappa shape index (κ1) is 22.1. The van der Waals surface area contributed by atoms with Crippen molar-refractivity contribution in [1.82, 2.24) is 9.78 Å². The van der Waals surface area contributed by atoms with Gasteiger partial charge in [0.2, 0.25) is 11.6 Å². The van der Waals surface area contributed by atoms with E-state index in [1.807, 2.05) is 36.4 Å². The van der Waals surface area contributed by atoms with E-state index in [9.17, 15) is 14.4 Å². The molecule has 9 nitrogen and oxygen atoms in total. The van der Waals surface area contributed by atoms with E-state index in [0.29, 0.717) is 18.7 Å². The van der Waals surface area contributed by atoms with Gasteiger partial charge in [-0.05, 0) is 43.7 Å². The number of esters is 1. The van der Waals surface area contributed by atoms with Gasteiger partial charge in [-0.15, -0.1) is 0 Å². The lowest BCUT2D eigenvalue weighted by molar-refractivity contribution is -0.118. The SMILES string of the molecule is CCOC(=O)c1nn(-c2ccccc2)cc1OCC(=O)Nc1cccc(N2CCCC2=O)c1. The Morgan fingerprint density at radius 1 is 1.09 bits per heavy atom. The van der Waals surface area contributed by atoms with Gasteiger partial charge in [0.1, 0.15) is 0 Å². The molecule has 33 heavy (non-hydrogen) atoms. The van der Waals surface area contributed by atoms with E-state index in [2.05, 4.69) is 10.4 Å². The summed E-state index contributed by atoms with van der Waals surface area (Å²) in [6, 6.07) is 16.3. The Kier molecular flexibility index (Phi) is 6.68. The number of para-hydroxylation sites is 1. The molecule has 2 heterocycles. The average Bonchev–Trinajstić information content (AvgIpc) is 3.45. The highest BCUT2D eigenvalue weighted by atomic mass is 16.5. The smallest absolute Gasteiger partial charge is 0.362 e. The van der Waals surface area contributed by atoms with Crippen LogP contribution < -0.4 is 15.0 Å². The van der Waals surface area contributed by atoms with E-state index in [-0.39, 0.29) is 30.6 Å². The third-order valence-corrected chi connectivity index (χ3v) is 5.04. The Labute approximate surface area is 190 Å². The summed E-state index contributed by atoms with van der Waals surface area (Å²) >= 11 is 0. The standard InChI is InChI=1S/C24H24N4O5/c1-2-32-24(31)23-20(15-28(26-23)18-9-4-3-5-10-18)33-16-21(29)25-17-8-6-11-19(14-17)27-13-7-12-22(27)30/h3-6,8-11,14-15H,2,7,12-13,16H2,1H3,(H,25,29). The average molecular weight is 448 g/mol. The molecule has 1 N–H and O–H groups in total. The quantitative estimate of drug-likeness (QED) is 0.531. The minimum absolute atomic E-state index is 0.0111. The summed E-state index contributed by atoms with van der Waals surface area (Å²) in [5.41, 5.74) is 2.01. The number of nitrogens with zero attached hydrogens (tertiary/aromatic N) is 3. The number of nitrogens with one attached hydrogen (secondary N) is 1. The third-order valence-electron chi connectivity index (χ3n) is 5.04. The van der Waals surface area contributed by atoms with E-state index in [4.69, 9.17) is 9.47 Å². The molecule has 0 saturated carbocycles. The van der Waals surface area contributed by atoms with Crippen LogP contribution in [0.4, 0.5) is 11.4 Å². The molecule has 0 atom stereocenters. The number of carbonyl (C=O) groups is 3. The number of carbonyl (C=O) groups excluding carboxylic acids is 3. The Bertz CT molecular complexity index is 1160. The van der Waals surface area contributed by atoms with Crippen LogP contribution in [-0.2, 0) is 14.3 Å². The molecule has 0 bridgehead atoms. The van der Waals surface area contributed by atoms with Gasteiger partial charge in [-0.25, -0.2) is 9.48 Å². The number of hydrogen-bond donors (Lipinski definition) is 1. The Morgan fingerprint density at radius 3 is 2.61 bits per heavy atom. The van der Waals surface area contributed by atoms with Crippen LogP contribution in [-0.4, -0.2) is 47.3 Å². The predicted octanol–water partition coefficient (Wildman–Crippen LogP) is 3.19. The summed E-state index contributed by atoms with van der Waals surface area (Å²) < 4.78 is 12.2. The molecule has 0 aliphatic carbocycles. The highest BCUT2D eigenvalue weighted by molar-refractivity contribution is 5.97. The molecule has 0 unspecified atom stereocenters. The second-order valence-corrected chi connectivity index (χ2v) is 7.38. The van der Waals surface area contributed by atoms with Gasteiger partial charge in [0.05, 0.1) is 18.5 Å². The minimum Gasteiger partial charge on any atom is -0.480 e. The maximum absolute atomic E-state index is 12.5. The molecule has 0 radical (unpaired) electrons. The van der Waals surface area contributed by atoms with Crippen molar-refractivity contribution in [2.24, 2.45) is 0 Å². The molecule has 1 aromatic heterocycles. The van der Waals surface area contributed by atoms with Crippen LogP contribution in [0.2, 0.25) is 0 Å². The number of rotatable bonds is 8. The van der Waals surface area contributed by atoms with Crippen molar-refractivity contribution >= 4 is 29.2 Å². The van der Waals surface area contributed by atoms with Crippen molar-refractivity contribution in [3.05, 3.63) is 66.5 Å². The van der Waals surface area contributed by atoms with Gasteiger partial charge >= 0.3 is 5.97 Å². The Morgan fingerprint density at radius 2 is 1.88 bits per heavy atom. The number of hydrogen-bond acceptors (Lipinski definition) is 6. The van der Waals surface area contributed by atoms with Crippen LogP contribution >= 0.6 is 0 Å². The molecule has 1 aliphatic rings. The topological polar surface area (TPSA) is 103 Å². The Balaban J connectivity index is 1.45. The summed E-state index contributed by atoms with van der Waals surface area (Å²) in [5, 5.41) is 7.03. The fourth-order valence-corrected chi connectivity index (χ4v) is 3.53. The normalized spacial score (nSPS) is 13.1. The highest BCUT2D eigenvalue weighted by Crippen LogP contribution is 2.25. The van der Waals surface area contributed by atoms with E-state index in [1.165, 1.54) is 10.9 Å². The maximum atomic E-state index is 12.5. The first-order chi connectivity index (χ1) is 16.0. The van der Waals surface area contributed by atoms with Gasteiger partial charge in [0, 0.05) is 24.3 Å². The molecule has 1 saturated heterocycles. The minimum atomic E-state index is -0.634. The van der Waals surface area contributed by atoms with Crippen LogP contribution in [0.1, 0.15) is 30.3 Å². The third kappa shape index (κ3) is 5.20. The van der Waals surface area contributed by atoms with Crippen LogP contribution in [0.5, 0.6) is 5.75 Å². The fraction of sp³-hybridized carbons (Fsp3) is 0.250. The zero-order valence-electron chi connectivity index (χ0n) is 18.2. The molecular weight excluding hydrogens is 424 g/mol. The van der Waals surface area contributed by atoms with Crippen molar-refractivity contribution in [2.45, 2.75) is 19.8 Å². The fourth-order valence-electron chi connectivity index (χ4n) is 3.53. The van der Waals surface area contributed by atoms with E-state index < -0.39 is 11.9 Å². The van der Waals surface area contributed by atoms with Gasteiger partial charge < -0.3 is 19.7 Å². The van der Waals surface area contributed by atoms with Crippen LogP contribution in [0.25, 0.3) is 5.69 Å². The second-order valence-electron chi connectivity index (χ2n) is 7.38. The summed E-state index contributed by atoms with van der Waals surface area (Å²) in [6.07, 6.45) is 2.89. The maximum Gasteiger partial charge on any atom is 0.362 e. The first-order valence-electron chi connectivity index (χ1n) is 10.7.